The fourth-order valence-electron chi connectivity index (χ4n) is 5.93. The maximum absolute atomic E-state index is 13.2. The van der Waals surface area contributed by atoms with E-state index in [-0.39, 0.29) is 34.5 Å². The van der Waals surface area contributed by atoms with Gasteiger partial charge in [-0.2, -0.15) is 0 Å². The zero-order valence-electron chi connectivity index (χ0n) is 20.4. The van der Waals surface area contributed by atoms with Crippen LogP contribution in [-0.4, -0.2) is 64.8 Å². The minimum absolute atomic E-state index is 0.0154. The van der Waals surface area contributed by atoms with Gasteiger partial charge >= 0.3 is 0 Å². The van der Waals surface area contributed by atoms with Crippen LogP contribution in [0.3, 0.4) is 0 Å². The third kappa shape index (κ3) is 3.82. The molecule has 0 radical (unpaired) electrons. The Labute approximate surface area is 214 Å². The number of benzene rings is 3. The summed E-state index contributed by atoms with van der Waals surface area (Å²) < 4.78 is 6.07. The first-order valence-electron chi connectivity index (χ1n) is 12.4. The molecule has 0 spiro atoms. The molecule has 6 rings (SSSR count). The van der Waals surface area contributed by atoms with E-state index in [0.29, 0.717) is 59.9 Å². The molecular weight excluding hydrogens is 472 g/mol. The number of para-hydroxylation sites is 1. The number of nitro benzene ring substituents is 1. The van der Waals surface area contributed by atoms with Gasteiger partial charge in [0.05, 0.1) is 22.1 Å². The maximum atomic E-state index is 13.2. The number of carbonyl (C=O) groups is 2. The highest BCUT2D eigenvalue weighted by Crippen LogP contribution is 2.41. The van der Waals surface area contributed by atoms with Crippen LogP contribution in [0.2, 0.25) is 0 Å². The zero-order valence-corrected chi connectivity index (χ0v) is 20.4. The van der Waals surface area contributed by atoms with Crippen LogP contribution < -0.4 is 9.64 Å². The number of amides is 2. The van der Waals surface area contributed by atoms with Crippen LogP contribution >= 0.6 is 0 Å². The molecule has 3 aliphatic rings. The topological polar surface area (TPSA) is 96.2 Å². The Morgan fingerprint density at radius 3 is 2.22 bits per heavy atom. The summed E-state index contributed by atoms with van der Waals surface area (Å²) in [6.07, 6.45) is 0.683. The summed E-state index contributed by atoms with van der Waals surface area (Å²) in [4.78, 5) is 43.8. The van der Waals surface area contributed by atoms with Gasteiger partial charge in [-0.25, -0.2) is 0 Å². The number of fused-ring (bicyclic) bond motifs is 2. The molecule has 2 saturated heterocycles. The van der Waals surface area contributed by atoms with Gasteiger partial charge in [0, 0.05) is 43.9 Å². The summed E-state index contributed by atoms with van der Waals surface area (Å²) in [7, 11) is 0. The van der Waals surface area contributed by atoms with Crippen molar-refractivity contribution in [1.29, 1.82) is 0 Å². The second-order valence-corrected chi connectivity index (χ2v) is 9.66. The monoisotopic (exact) mass is 498 g/mol. The van der Waals surface area contributed by atoms with Gasteiger partial charge in [-0.1, -0.05) is 30.3 Å². The molecule has 2 atom stereocenters. The van der Waals surface area contributed by atoms with Gasteiger partial charge in [-0.3, -0.25) is 29.5 Å². The molecule has 3 heterocycles. The van der Waals surface area contributed by atoms with Gasteiger partial charge in [0.25, 0.3) is 17.5 Å². The first-order valence-corrected chi connectivity index (χ1v) is 12.4. The number of hydrogen-bond acceptors (Lipinski definition) is 7. The van der Waals surface area contributed by atoms with Gasteiger partial charge in [-0.15, -0.1) is 0 Å². The molecule has 3 aromatic carbocycles. The standard InChI is InChI=1S/C28H26N4O5/c1-18-25(37-19-7-3-2-4-8-19)12-11-23(32(35)36)26(18)30-16-15-29-14-13-22(24(29)17-30)31-27(33)20-9-5-6-10-21(20)28(31)34/h2-12,22,24H,13-17H2,1H3/t22-,24-/m1/s1. The van der Waals surface area contributed by atoms with Crippen molar-refractivity contribution < 1.29 is 19.2 Å². The Morgan fingerprint density at radius 2 is 1.54 bits per heavy atom. The normalized spacial score (nSPS) is 21.2. The Bertz CT molecular complexity index is 1370. The van der Waals surface area contributed by atoms with E-state index in [4.69, 9.17) is 4.74 Å². The third-order valence-electron chi connectivity index (χ3n) is 7.69. The third-order valence-corrected chi connectivity index (χ3v) is 7.69. The number of nitrogens with zero attached hydrogens (tertiary/aromatic N) is 4. The quantitative estimate of drug-likeness (QED) is 0.295. The first kappa shape index (κ1) is 23.2. The number of nitro groups is 1. The molecule has 2 fully saturated rings. The van der Waals surface area contributed by atoms with Gasteiger partial charge < -0.3 is 9.64 Å². The minimum Gasteiger partial charge on any atom is -0.457 e. The average molecular weight is 499 g/mol. The van der Waals surface area contributed by atoms with Crippen LogP contribution in [-0.2, 0) is 0 Å². The van der Waals surface area contributed by atoms with Crippen molar-refractivity contribution >= 4 is 23.2 Å². The number of rotatable bonds is 5. The van der Waals surface area contributed by atoms with E-state index < -0.39 is 0 Å². The van der Waals surface area contributed by atoms with Crippen LogP contribution in [0.1, 0.15) is 32.7 Å². The zero-order chi connectivity index (χ0) is 25.7. The molecule has 0 N–H and O–H groups in total. The summed E-state index contributed by atoms with van der Waals surface area (Å²) in [5, 5.41) is 12.0. The molecule has 2 amide bonds. The SMILES string of the molecule is Cc1c(Oc2ccccc2)ccc([N+](=O)[O-])c1N1CCN2CC[C@@H](N3C(=O)c4ccccc4C3=O)[C@H]2C1. The summed E-state index contributed by atoms with van der Waals surface area (Å²) >= 11 is 0. The molecular formula is C28H26N4O5. The molecule has 0 bridgehead atoms. The van der Waals surface area contributed by atoms with E-state index >= 15 is 0 Å². The molecule has 0 unspecified atom stereocenters. The Balaban J connectivity index is 1.32. The van der Waals surface area contributed by atoms with Gasteiger partial charge in [0.2, 0.25) is 0 Å². The number of carbonyl (C=O) groups excluding carboxylic acids is 2. The van der Waals surface area contributed by atoms with Gasteiger partial charge in [0.1, 0.15) is 17.2 Å². The summed E-state index contributed by atoms with van der Waals surface area (Å²) in [6.45, 7) is 4.36. The predicted octanol–water partition coefficient (Wildman–Crippen LogP) is 4.25. The molecule has 9 heteroatoms. The predicted molar refractivity (Wildman–Crippen MR) is 137 cm³/mol. The van der Waals surface area contributed by atoms with Crippen molar-refractivity contribution in [3.63, 3.8) is 0 Å². The highest BCUT2D eigenvalue weighted by Gasteiger charge is 2.48. The number of hydrogen-bond donors (Lipinski definition) is 0. The lowest BCUT2D eigenvalue weighted by Gasteiger charge is -2.42. The summed E-state index contributed by atoms with van der Waals surface area (Å²) in [5.41, 5.74) is 2.10. The van der Waals surface area contributed by atoms with Crippen molar-refractivity contribution in [2.24, 2.45) is 0 Å². The summed E-state index contributed by atoms with van der Waals surface area (Å²) in [6, 6.07) is 19.0. The van der Waals surface area contributed by atoms with Crippen LogP contribution in [0.25, 0.3) is 0 Å². The highest BCUT2D eigenvalue weighted by atomic mass is 16.6. The molecule has 0 aliphatic carbocycles. The molecule has 37 heavy (non-hydrogen) atoms. The lowest BCUT2D eigenvalue weighted by atomic mass is 10.0. The number of anilines is 1. The van der Waals surface area contributed by atoms with Crippen LogP contribution in [0, 0.1) is 17.0 Å². The highest BCUT2D eigenvalue weighted by molar-refractivity contribution is 6.21. The average Bonchev–Trinajstić information content (AvgIpc) is 3.43. The second-order valence-electron chi connectivity index (χ2n) is 9.66. The van der Waals surface area contributed by atoms with Crippen molar-refractivity contribution in [3.05, 3.63) is 93.5 Å². The van der Waals surface area contributed by atoms with E-state index in [1.807, 2.05) is 42.2 Å². The van der Waals surface area contributed by atoms with E-state index in [1.165, 1.54) is 11.0 Å². The Hall–Kier alpha value is -4.24. The number of ether oxygens (including phenoxy) is 1. The Kier molecular flexibility index (Phi) is 5.64. The lowest BCUT2D eigenvalue weighted by Crippen LogP contribution is -2.57. The smallest absolute Gasteiger partial charge is 0.293 e. The first-order chi connectivity index (χ1) is 17.9. The molecule has 0 saturated carbocycles. The molecule has 3 aliphatic heterocycles. The molecule has 0 aromatic heterocycles. The fourth-order valence-corrected chi connectivity index (χ4v) is 5.93. The van der Waals surface area contributed by atoms with Crippen LogP contribution in [0.5, 0.6) is 11.5 Å². The van der Waals surface area contributed by atoms with Crippen LogP contribution in [0.15, 0.2) is 66.7 Å². The second kappa shape index (κ2) is 9.01. The maximum Gasteiger partial charge on any atom is 0.293 e. The largest absolute Gasteiger partial charge is 0.457 e. The van der Waals surface area contributed by atoms with Gasteiger partial charge in [0.15, 0.2) is 0 Å². The van der Waals surface area contributed by atoms with Crippen molar-refractivity contribution in [2.45, 2.75) is 25.4 Å². The van der Waals surface area contributed by atoms with E-state index in [2.05, 4.69) is 4.90 Å². The van der Waals surface area contributed by atoms with E-state index in [0.717, 1.165) is 6.54 Å². The molecule has 188 valence electrons. The van der Waals surface area contributed by atoms with E-state index in [1.54, 1.807) is 30.3 Å². The minimum atomic E-state index is -0.364. The number of piperazine rings is 1. The van der Waals surface area contributed by atoms with Crippen molar-refractivity contribution in [1.82, 2.24) is 9.80 Å². The fraction of sp³-hybridized carbons (Fsp3) is 0.286. The number of imide groups is 1. The van der Waals surface area contributed by atoms with Crippen molar-refractivity contribution in [2.75, 3.05) is 31.1 Å². The summed E-state index contributed by atoms with van der Waals surface area (Å²) in [5.74, 6) is 0.684. The van der Waals surface area contributed by atoms with Gasteiger partial charge in [-0.05, 0) is 43.7 Å². The molecule has 3 aromatic rings. The lowest BCUT2D eigenvalue weighted by molar-refractivity contribution is -0.384. The molecule has 9 nitrogen and oxygen atoms in total. The van der Waals surface area contributed by atoms with Crippen molar-refractivity contribution in [3.8, 4) is 11.5 Å². The van der Waals surface area contributed by atoms with E-state index in [9.17, 15) is 19.7 Å². The Morgan fingerprint density at radius 1 is 0.865 bits per heavy atom. The van der Waals surface area contributed by atoms with Crippen LogP contribution in [0.4, 0.5) is 11.4 Å².